The van der Waals surface area contributed by atoms with Gasteiger partial charge in [0.1, 0.15) is 17.1 Å². The molecule has 2 aromatic heterocycles. The van der Waals surface area contributed by atoms with E-state index >= 15 is 0 Å². The molecule has 0 radical (unpaired) electrons. The molecular formula is C22H20N4O3. The van der Waals surface area contributed by atoms with Gasteiger partial charge in [-0.2, -0.15) is 0 Å². The van der Waals surface area contributed by atoms with Gasteiger partial charge in [0.05, 0.1) is 23.2 Å². The molecule has 0 bridgehead atoms. The van der Waals surface area contributed by atoms with Crippen molar-refractivity contribution < 1.29 is 15.0 Å². The highest BCUT2D eigenvalue weighted by atomic mass is 16.3. The number of benzene rings is 2. The zero-order chi connectivity index (χ0) is 20.4. The van der Waals surface area contributed by atoms with E-state index in [-0.39, 0.29) is 11.7 Å². The number of rotatable bonds is 5. The van der Waals surface area contributed by atoms with Crippen molar-refractivity contribution in [3.63, 3.8) is 0 Å². The van der Waals surface area contributed by atoms with Crippen LogP contribution >= 0.6 is 0 Å². The molecule has 0 fully saturated rings. The molecule has 2 heterocycles. The van der Waals surface area contributed by atoms with Crippen molar-refractivity contribution >= 4 is 16.9 Å². The molecule has 0 aliphatic heterocycles. The van der Waals surface area contributed by atoms with Gasteiger partial charge in [-0.15, -0.1) is 0 Å². The van der Waals surface area contributed by atoms with Crippen LogP contribution in [0.4, 0.5) is 0 Å². The molecule has 2 unspecified atom stereocenters. The van der Waals surface area contributed by atoms with Crippen molar-refractivity contribution in [1.29, 1.82) is 0 Å². The number of carbonyl (C=O) groups is 1. The summed E-state index contributed by atoms with van der Waals surface area (Å²) >= 11 is 0. The molecule has 29 heavy (non-hydrogen) atoms. The Bertz CT molecular complexity index is 1140. The molecule has 4 aromatic rings. The summed E-state index contributed by atoms with van der Waals surface area (Å²) < 4.78 is 0. The van der Waals surface area contributed by atoms with Gasteiger partial charge in [0.15, 0.2) is 0 Å². The van der Waals surface area contributed by atoms with Crippen LogP contribution < -0.4 is 5.32 Å². The zero-order valence-electron chi connectivity index (χ0n) is 15.7. The second-order valence-corrected chi connectivity index (χ2v) is 6.83. The number of nitrogens with one attached hydrogen (secondary N) is 2. The van der Waals surface area contributed by atoms with E-state index in [4.69, 9.17) is 0 Å². The van der Waals surface area contributed by atoms with Crippen LogP contribution in [0, 0.1) is 0 Å². The Hall–Kier alpha value is -3.71. The smallest absolute Gasteiger partial charge is 0.253 e. The number of hydrogen-bond donors (Lipinski definition) is 4. The number of aromatic hydroxyl groups is 1. The highest BCUT2D eigenvalue weighted by molar-refractivity contribution is 6.05. The number of fused-ring (bicyclic) bond motifs is 1. The van der Waals surface area contributed by atoms with E-state index < -0.39 is 12.1 Å². The largest absolute Gasteiger partial charge is 0.508 e. The molecular weight excluding hydrogens is 368 g/mol. The Balaban J connectivity index is 1.58. The van der Waals surface area contributed by atoms with E-state index in [1.54, 1.807) is 43.6 Å². The fourth-order valence-electron chi connectivity index (χ4n) is 3.18. The fraction of sp³-hybridized carbons (Fsp3) is 0.136. The maximum Gasteiger partial charge on any atom is 0.253 e. The van der Waals surface area contributed by atoms with Crippen LogP contribution in [0.3, 0.4) is 0 Å². The van der Waals surface area contributed by atoms with Crippen molar-refractivity contribution in [2.75, 3.05) is 0 Å². The van der Waals surface area contributed by atoms with Gasteiger partial charge in [0.2, 0.25) is 0 Å². The minimum absolute atomic E-state index is 0.118. The van der Waals surface area contributed by atoms with Crippen molar-refractivity contribution in [3.05, 3.63) is 78.1 Å². The zero-order valence-corrected chi connectivity index (χ0v) is 15.7. The van der Waals surface area contributed by atoms with E-state index in [1.165, 1.54) is 12.1 Å². The molecule has 4 rings (SSSR count). The number of hydrogen-bond acceptors (Lipinski definition) is 5. The highest BCUT2D eigenvalue weighted by Gasteiger charge is 2.21. The first kappa shape index (κ1) is 18.6. The van der Waals surface area contributed by atoms with Crippen LogP contribution in [0.15, 0.2) is 67.0 Å². The molecule has 7 heteroatoms. The van der Waals surface area contributed by atoms with Crippen LogP contribution in [-0.2, 0) is 0 Å². The average molecular weight is 388 g/mol. The van der Waals surface area contributed by atoms with Gasteiger partial charge in [-0.1, -0.05) is 18.2 Å². The number of aromatic nitrogens is 3. The monoisotopic (exact) mass is 388 g/mol. The summed E-state index contributed by atoms with van der Waals surface area (Å²) in [6.07, 6.45) is 2.48. The lowest BCUT2D eigenvalue weighted by Crippen LogP contribution is -2.37. The van der Waals surface area contributed by atoms with Crippen LogP contribution in [-0.4, -0.2) is 37.1 Å². The number of H-pyrrole nitrogens is 1. The summed E-state index contributed by atoms with van der Waals surface area (Å²) in [4.78, 5) is 24.8. The molecule has 7 nitrogen and oxygen atoms in total. The van der Waals surface area contributed by atoms with Crippen molar-refractivity contribution in [3.8, 4) is 17.1 Å². The van der Waals surface area contributed by atoms with E-state index in [0.717, 1.165) is 11.1 Å². The topological polar surface area (TPSA) is 111 Å². The summed E-state index contributed by atoms with van der Waals surface area (Å²) in [5.74, 6) is 0.419. The third kappa shape index (κ3) is 3.81. The lowest BCUT2D eigenvalue weighted by Gasteiger charge is -2.20. The van der Waals surface area contributed by atoms with Crippen LogP contribution in [0.5, 0.6) is 5.75 Å². The Kier molecular flexibility index (Phi) is 4.97. The molecule has 0 aliphatic carbocycles. The number of imidazole rings is 1. The fourth-order valence-corrected chi connectivity index (χ4v) is 3.18. The Morgan fingerprint density at radius 2 is 1.90 bits per heavy atom. The number of amides is 1. The van der Waals surface area contributed by atoms with Gasteiger partial charge in [0, 0.05) is 18.0 Å². The average Bonchev–Trinajstić information content (AvgIpc) is 3.18. The van der Waals surface area contributed by atoms with Gasteiger partial charge in [-0.3, -0.25) is 9.78 Å². The lowest BCUT2D eigenvalue weighted by molar-refractivity contribution is 0.0853. The SMILES string of the molecule is CC(NC(=O)c1cccc2[nH]c(-c3cccnc3)nc12)C(O)c1ccc(O)cc1. The van der Waals surface area contributed by atoms with Gasteiger partial charge >= 0.3 is 0 Å². The maximum absolute atomic E-state index is 12.9. The number of aromatic amines is 1. The molecule has 0 spiro atoms. The number of phenolic OH excluding ortho intramolecular Hbond substituents is 1. The van der Waals surface area contributed by atoms with E-state index in [0.29, 0.717) is 22.5 Å². The van der Waals surface area contributed by atoms with Crippen LogP contribution in [0.25, 0.3) is 22.4 Å². The third-order valence-electron chi connectivity index (χ3n) is 4.76. The molecule has 146 valence electrons. The number of aliphatic hydroxyl groups excluding tert-OH is 1. The quantitative estimate of drug-likeness (QED) is 0.420. The normalized spacial score (nSPS) is 13.2. The summed E-state index contributed by atoms with van der Waals surface area (Å²) in [5, 5.41) is 22.7. The first-order chi connectivity index (χ1) is 14.0. The summed E-state index contributed by atoms with van der Waals surface area (Å²) in [6, 6.07) is 14.7. The molecule has 0 saturated carbocycles. The van der Waals surface area contributed by atoms with Crippen molar-refractivity contribution in [2.45, 2.75) is 19.1 Å². The Labute approximate surface area is 167 Å². The first-order valence-electron chi connectivity index (χ1n) is 9.20. The predicted molar refractivity (Wildman–Crippen MR) is 109 cm³/mol. The molecule has 0 saturated heterocycles. The number of nitrogens with zero attached hydrogens (tertiary/aromatic N) is 2. The third-order valence-corrected chi connectivity index (χ3v) is 4.76. The minimum Gasteiger partial charge on any atom is -0.508 e. The minimum atomic E-state index is -0.913. The molecule has 4 N–H and O–H groups in total. The lowest BCUT2D eigenvalue weighted by atomic mass is 10.0. The summed E-state index contributed by atoms with van der Waals surface area (Å²) in [7, 11) is 0. The van der Waals surface area contributed by atoms with Crippen LogP contribution in [0.1, 0.15) is 28.9 Å². The van der Waals surface area contributed by atoms with Crippen molar-refractivity contribution in [2.24, 2.45) is 0 Å². The number of phenols is 1. The molecule has 0 aliphatic rings. The predicted octanol–water partition coefficient (Wildman–Crippen LogP) is 3.18. The highest BCUT2D eigenvalue weighted by Crippen LogP contribution is 2.24. The van der Waals surface area contributed by atoms with E-state index in [9.17, 15) is 15.0 Å². The summed E-state index contributed by atoms with van der Waals surface area (Å²) in [6.45, 7) is 1.72. The van der Waals surface area contributed by atoms with E-state index in [1.807, 2.05) is 18.2 Å². The molecule has 1 amide bonds. The molecule has 2 aromatic carbocycles. The van der Waals surface area contributed by atoms with Crippen LogP contribution in [0.2, 0.25) is 0 Å². The van der Waals surface area contributed by atoms with Gasteiger partial charge in [-0.05, 0) is 48.9 Å². The van der Waals surface area contributed by atoms with Gasteiger partial charge in [-0.25, -0.2) is 4.98 Å². The number of aliphatic hydroxyl groups is 1. The Morgan fingerprint density at radius 3 is 2.62 bits per heavy atom. The standard InChI is InChI=1S/C22H20N4O3/c1-13(20(28)14-7-9-16(27)10-8-14)24-22(29)17-5-2-6-18-19(17)26-21(25-18)15-4-3-11-23-12-15/h2-13,20,27-28H,1H3,(H,24,29)(H,25,26). The second kappa shape index (κ2) is 7.73. The number of para-hydroxylation sites is 1. The first-order valence-corrected chi connectivity index (χ1v) is 9.20. The van der Waals surface area contributed by atoms with Gasteiger partial charge < -0.3 is 20.5 Å². The maximum atomic E-state index is 12.9. The molecule has 2 atom stereocenters. The van der Waals surface area contributed by atoms with Gasteiger partial charge in [0.25, 0.3) is 5.91 Å². The van der Waals surface area contributed by atoms with E-state index in [2.05, 4.69) is 20.3 Å². The number of carbonyl (C=O) groups excluding carboxylic acids is 1. The van der Waals surface area contributed by atoms with Crippen molar-refractivity contribution in [1.82, 2.24) is 20.3 Å². The Morgan fingerprint density at radius 1 is 1.10 bits per heavy atom. The number of pyridine rings is 1. The second-order valence-electron chi connectivity index (χ2n) is 6.83. The summed E-state index contributed by atoms with van der Waals surface area (Å²) in [5.41, 5.74) is 3.13.